The van der Waals surface area contributed by atoms with E-state index in [0.717, 1.165) is 11.3 Å². The van der Waals surface area contributed by atoms with Crippen LogP contribution in [-0.2, 0) is 14.3 Å². The number of esters is 1. The number of amidine groups is 1. The smallest absolute Gasteiger partial charge is 0.338 e. The molecular formula is C25H20FN3O4S. The molecule has 7 nitrogen and oxygen atoms in total. The first-order valence-electron chi connectivity index (χ1n) is 11.5. The van der Waals surface area contributed by atoms with Gasteiger partial charge in [-0.05, 0) is 65.7 Å². The predicted molar refractivity (Wildman–Crippen MR) is 118 cm³/mol. The van der Waals surface area contributed by atoms with Crippen LogP contribution in [0.5, 0.6) is 0 Å². The minimum atomic E-state index is -0.655. The number of methoxy groups -OCH3 is 1. The maximum atomic E-state index is 13.9. The molecule has 1 aliphatic heterocycles. The molecule has 0 bridgehead atoms. The Balaban J connectivity index is 1.30. The zero-order valence-corrected chi connectivity index (χ0v) is 19.1. The van der Waals surface area contributed by atoms with Gasteiger partial charge in [0.25, 0.3) is 0 Å². The number of halogens is 1. The maximum absolute atomic E-state index is 13.9. The standard InChI is InChI=1S/C25H20FN3O4S/c1-8-7-9(26)3-4-10(8)18-11(22(30)33-2)19(29-20(28-18)21-27-5-6-34-21)24-12-15-13(24)17-14(24)16(12)25(15,17)23(31)32/h3-7,12-18H,1-2H3,(H,28,29)(H,31,32)/t12?,13?,14?,15?,16?,17?,18-,24?,25?/m0/s1. The first-order chi connectivity index (χ1) is 16.4. The van der Waals surface area contributed by atoms with Crippen LogP contribution in [0, 0.1) is 59.1 Å². The molecule has 1 aromatic heterocycles. The SMILES string of the molecule is COC(=O)C1=C(C23C4C5C2C2C3C4C52C(=O)O)NC(c2nccs2)=N[C@H]1c1ccc(F)cc1C. The largest absolute Gasteiger partial charge is 0.481 e. The number of carboxylic acids is 1. The summed E-state index contributed by atoms with van der Waals surface area (Å²) in [6.07, 6.45) is 1.71. The topological polar surface area (TPSA) is 101 Å². The van der Waals surface area contributed by atoms with Crippen molar-refractivity contribution in [3.8, 4) is 0 Å². The van der Waals surface area contributed by atoms with Crippen molar-refractivity contribution in [2.45, 2.75) is 13.0 Å². The number of rotatable bonds is 5. The maximum Gasteiger partial charge on any atom is 0.338 e. The number of thiazole rings is 1. The van der Waals surface area contributed by atoms with Crippen molar-refractivity contribution in [2.75, 3.05) is 7.11 Å². The second kappa shape index (κ2) is 5.59. The lowest BCUT2D eigenvalue weighted by Gasteiger charge is -3.10. The molecule has 0 unspecified atom stereocenters. The van der Waals surface area contributed by atoms with E-state index < -0.39 is 23.4 Å². The van der Waals surface area contributed by atoms with Gasteiger partial charge < -0.3 is 15.2 Å². The lowest BCUT2D eigenvalue weighted by molar-refractivity contribution is -0.633. The van der Waals surface area contributed by atoms with Crippen LogP contribution >= 0.6 is 11.3 Å². The van der Waals surface area contributed by atoms with E-state index in [1.807, 2.05) is 12.3 Å². The van der Waals surface area contributed by atoms with E-state index >= 15 is 0 Å². The summed E-state index contributed by atoms with van der Waals surface area (Å²) in [5.74, 6) is 0.651. The third-order valence-electron chi connectivity index (χ3n) is 10.0. The average molecular weight is 478 g/mol. The van der Waals surface area contributed by atoms with E-state index in [1.165, 1.54) is 30.6 Å². The predicted octanol–water partition coefficient (Wildman–Crippen LogP) is 2.93. The van der Waals surface area contributed by atoms with Crippen LogP contribution < -0.4 is 5.32 Å². The number of carbonyl (C=O) groups excluding carboxylic acids is 1. The second-order valence-corrected chi connectivity index (χ2v) is 11.3. The Bertz CT molecular complexity index is 1360. The van der Waals surface area contributed by atoms with E-state index in [0.29, 0.717) is 22.0 Å². The molecule has 2 aromatic rings. The third kappa shape index (κ3) is 1.60. The van der Waals surface area contributed by atoms with E-state index in [9.17, 15) is 19.1 Å². The summed E-state index contributed by atoms with van der Waals surface area (Å²) in [5.41, 5.74) is 2.03. The lowest BCUT2D eigenvalue weighted by Crippen LogP contribution is -3.11. The summed E-state index contributed by atoms with van der Waals surface area (Å²) >= 11 is 1.45. The van der Waals surface area contributed by atoms with Gasteiger partial charge in [0.2, 0.25) is 0 Å². The van der Waals surface area contributed by atoms with Crippen molar-refractivity contribution < 1.29 is 23.8 Å². The fraction of sp³-hybridized carbons (Fsp3) is 0.440. The lowest BCUT2D eigenvalue weighted by atomic mass is 8.92. The van der Waals surface area contributed by atoms with Gasteiger partial charge in [-0.15, -0.1) is 11.3 Å². The number of aromatic nitrogens is 1. The fourth-order valence-corrected chi connectivity index (χ4v) is 9.88. The van der Waals surface area contributed by atoms with Crippen LogP contribution in [0.2, 0.25) is 0 Å². The number of carbonyl (C=O) groups is 2. The summed E-state index contributed by atoms with van der Waals surface area (Å²) < 4.78 is 19.2. The Labute approximate surface area is 197 Å². The van der Waals surface area contributed by atoms with Crippen molar-refractivity contribution in [3.05, 3.63) is 63.0 Å². The Morgan fingerprint density at radius 3 is 2.44 bits per heavy atom. The first-order valence-corrected chi connectivity index (χ1v) is 12.3. The van der Waals surface area contributed by atoms with Gasteiger partial charge in [0.05, 0.1) is 18.1 Å². The minimum absolute atomic E-state index is 0.203. The molecule has 172 valence electrons. The number of nitrogens with one attached hydrogen (secondary N) is 1. The number of aliphatic imine (C=N–C) groups is 1. The van der Waals surface area contributed by atoms with Crippen molar-refractivity contribution in [2.24, 2.45) is 51.3 Å². The second-order valence-electron chi connectivity index (χ2n) is 10.4. The summed E-state index contributed by atoms with van der Waals surface area (Å²) in [6, 6.07) is 3.87. The Morgan fingerprint density at radius 1 is 1.18 bits per heavy atom. The van der Waals surface area contributed by atoms with Crippen molar-refractivity contribution in [1.82, 2.24) is 10.3 Å². The third-order valence-corrected chi connectivity index (χ3v) is 10.8. The highest BCUT2D eigenvalue weighted by atomic mass is 32.1. The Kier molecular flexibility index (Phi) is 3.17. The zero-order chi connectivity index (χ0) is 23.3. The van der Waals surface area contributed by atoms with Gasteiger partial charge in [-0.3, -0.25) is 9.79 Å². The van der Waals surface area contributed by atoms with Gasteiger partial charge in [-0.1, -0.05) is 6.07 Å². The molecule has 34 heavy (non-hydrogen) atoms. The van der Waals surface area contributed by atoms with Crippen LogP contribution in [0.4, 0.5) is 4.39 Å². The molecule has 9 rings (SSSR count). The zero-order valence-electron chi connectivity index (χ0n) is 18.3. The number of benzene rings is 1. The average Bonchev–Trinajstić information content (AvgIpc) is 3.37. The molecule has 9 heteroatoms. The molecule has 0 saturated heterocycles. The number of allylic oxidation sites excluding steroid dienone is 1. The van der Waals surface area contributed by atoms with E-state index in [4.69, 9.17) is 9.73 Å². The van der Waals surface area contributed by atoms with Gasteiger partial charge in [-0.2, -0.15) is 0 Å². The van der Waals surface area contributed by atoms with Gasteiger partial charge in [0.1, 0.15) is 11.9 Å². The van der Waals surface area contributed by atoms with Gasteiger partial charge in [-0.25, -0.2) is 14.2 Å². The molecule has 6 saturated carbocycles. The van der Waals surface area contributed by atoms with Crippen molar-refractivity contribution in [1.29, 1.82) is 0 Å². The molecule has 0 amide bonds. The van der Waals surface area contributed by atoms with Gasteiger partial charge >= 0.3 is 11.9 Å². The Morgan fingerprint density at radius 2 is 1.88 bits per heavy atom. The normalized spacial score (nSPS) is 43.1. The van der Waals surface area contributed by atoms with Crippen LogP contribution in [0.1, 0.15) is 22.2 Å². The summed E-state index contributed by atoms with van der Waals surface area (Å²) in [4.78, 5) is 34.6. The molecule has 2 N–H and O–H groups in total. The summed E-state index contributed by atoms with van der Waals surface area (Å²) in [7, 11) is 1.36. The van der Waals surface area contributed by atoms with Crippen LogP contribution in [0.15, 0.2) is 46.0 Å². The molecule has 1 atom stereocenters. The highest BCUT2D eigenvalue weighted by molar-refractivity contribution is 7.11. The molecule has 1 aromatic carbocycles. The minimum Gasteiger partial charge on any atom is -0.481 e. The number of aryl methyl sites for hydroxylation is 1. The summed E-state index contributed by atoms with van der Waals surface area (Å²) in [5, 5.41) is 16.0. The molecule has 0 spiro atoms. The monoisotopic (exact) mass is 477 g/mol. The molecule has 2 heterocycles. The highest BCUT2D eigenvalue weighted by Crippen LogP contribution is 3.11. The van der Waals surface area contributed by atoms with E-state index in [1.54, 1.807) is 12.3 Å². The highest BCUT2D eigenvalue weighted by Gasteiger charge is 3.12. The van der Waals surface area contributed by atoms with Crippen LogP contribution in [-0.4, -0.2) is 35.0 Å². The molecule has 0 radical (unpaired) electrons. The number of nitrogens with zero attached hydrogens (tertiary/aromatic N) is 2. The summed E-state index contributed by atoms with van der Waals surface area (Å²) in [6.45, 7) is 1.81. The molecule has 6 aliphatic carbocycles. The van der Waals surface area contributed by atoms with Crippen molar-refractivity contribution in [3.63, 3.8) is 0 Å². The number of hydrogen-bond donors (Lipinski definition) is 2. The van der Waals surface area contributed by atoms with Gasteiger partial charge in [0, 0.05) is 22.7 Å². The van der Waals surface area contributed by atoms with Crippen LogP contribution in [0.25, 0.3) is 0 Å². The van der Waals surface area contributed by atoms with Crippen LogP contribution in [0.3, 0.4) is 0 Å². The molecular weight excluding hydrogens is 457 g/mol. The van der Waals surface area contributed by atoms with Crippen molar-refractivity contribution >= 4 is 29.1 Å². The number of ether oxygens (including phenoxy) is 1. The fourth-order valence-electron chi connectivity index (χ4n) is 9.29. The number of aliphatic carboxylic acids is 1. The number of carboxylic acid groups (broad SMARTS) is 1. The van der Waals surface area contributed by atoms with Gasteiger partial charge in [0.15, 0.2) is 10.8 Å². The first kappa shape index (κ1) is 19.3. The molecule has 6 fully saturated rings. The van der Waals surface area contributed by atoms with E-state index in [-0.39, 0.29) is 46.7 Å². The quantitative estimate of drug-likeness (QED) is 0.643. The molecule has 7 aliphatic rings. The Hall–Kier alpha value is -3.07. The van der Waals surface area contributed by atoms with E-state index in [2.05, 4.69) is 10.3 Å². The number of hydrogen-bond acceptors (Lipinski definition) is 7.